The second kappa shape index (κ2) is 10.1. The lowest BCUT2D eigenvalue weighted by molar-refractivity contribution is -0.190. The molecule has 0 bridgehead atoms. The van der Waals surface area contributed by atoms with Crippen LogP contribution in [0.15, 0.2) is 46.6 Å². The largest absolute Gasteiger partial charge is 0.478 e. The van der Waals surface area contributed by atoms with Crippen LogP contribution in [0.4, 0.5) is 0 Å². The van der Waals surface area contributed by atoms with Crippen molar-refractivity contribution in [1.29, 1.82) is 0 Å². The minimum atomic E-state index is -1.01. The molecule has 1 unspecified atom stereocenters. The molecule has 0 aromatic heterocycles. The zero-order chi connectivity index (χ0) is 19.7. The van der Waals surface area contributed by atoms with Gasteiger partial charge in [0.15, 0.2) is 0 Å². The van der Waals surface area contributed by atoms with Crippen LogP contribution in [0.2, 0.25) is 0 Å². The SMILES string of the molecule is COC1(CC=C(C)CCC=C(CCC=C(C)C)C(=O)O)OC(=O)C=C1C. The molecule has 0 spiro atoms. The molecule has 0 saturated heterocycles. The molecule has 1 rings (SSSR count). The standard InChI is InChI=1S/C21H30O5/c1-15(2)8-6-10-18(20(23)24)11-7-9-16(3)12-13-21(25-5)17(4)14-19(22)26-21/h8,11-12,14H,6-7,9-10,13H2,1-5H3,(H,23,24). The molecular formula is C21H30O5. The predicted molar refractivity (Wildman–Crippen MR) is 102 cm³/mol. The van der Waals surface area contributed by atoms with Crippen molar-refractivity contribution in [3.63, 3.8) is 0 Å². The fourth-order valence-corrected chi connectivity index (χ4v) is 2.75. The second-order valence-electron chi connectivity index (χ2n) is 6.85. The topological polar surface area (TPSA) is 72.8 Å². The van der Waals surface area contributed by atoms with E-state index in [2.05, 4.69) is 0 Å². The van der Waals surface area contributed by atoms with E-state index in [-0.39, 0.29) is 5.97 Å². The molecule has 1 heterocycles. The lowest BCUT2D eigenvalue weighted by Crippen LogP contribution is -2.33. The number of cyclic esters (lactones) is 1. The minimum Gasteiger partial charge on any atom is -0.478 e. The lowest BCUT2D eigenvalue weighted by atomic mass is 10.0. The van der Waals surface area contributed by atoms with Crippen LogP contribution in [0.1, 0.15) is 59.8 Å². The summed E-state index contributed by atoms with van der Waals surface area (Å²) in [5, 5.41) is 9.30. The van der Waals surface area contributed by atoms with Gasteiger partial charge in [0.1, 0.15) is 0 Å². The Hall–Kier alpha value is -2.14. The van der Waals surface area contributed by atoms with Gasteiger partial charge in [-0.25, -0.2) is 9.59 Å². The number of carbonyl (C=O) groups excluding carboxylic acids is 1. The quantitative estimate of drug-likeness (QED) is 0.346. The summed E-state index contributed by atoms with van der Waals surface area (Å²) >= 11 is 0. The molecule has 26 heavy (non-hydrogen) atoms. The van der Waals surface area contributed by atoms with E-state index in [4.69, 9.17) is 9.47 Å². The third-order valence-corrected chi connectivity index (χ3v) is 4.42. The highest BCUT2D eigenvalue weighted by molar-refractivity contribution is 5.86. The van der Waals surface area contributed by atoms with Gasteiger partial charge >= 0.3 is 11.9 Å². The van der Waals surface area contributed by atoms with Gasteiger partial charge in [-0.15, -0.1) is 0 Å². The Balaban J connectivity index is 2.60. The van der Waals surface area contributed by atoms with Crippen molar-refractivity contribution in [3.05, 3.63) is 46.6 Å². The Labute approximate surface area is 156 Å². The van der Waals surface area contributed by atoms with Crippen molar-refractivity contribution >= 4 is 11.9 Å². The summed E-state index contributed by atoms with van der Waals surface area (Å²) in [4.78, 5) is 22.8. The summed E-state index contributed by atoms with van der Waals surface area (Å²) in [5.74, 6) is -2.25. The van der Waals surface area contributed by atoms with Crippen molar-refractivity contribution in [2.75, 3.05) is 7.11 Å². The van der Waals surface area contributed by atoms with E-state index >= 15 is 0 Å². The van der Waals surface area contributed by atoms with Crippen LogP contribution in [-0.2, 0) is 19.1 Å². The van der Waals surface area contributed by atoms with Gasteiger partial charge in [-0.2, -0.15) is 0 Å². The van der Waals surface area contributed by atoms with Crippen LogP contribution in [0, 0.1) is 0 Å². The predicted octanol–water partition coefficient (Wildman–Crippen LogP) is 4.71. The monoisotopic (exact) mass is 362 g/mol. The van der Waals surface area contributed by atoms with Crippen molar-refractivity contribution in [2.24, 2.45) is 0 Å². The molecule has 0 aromatic rings. The average Bonchev–Trinajstić information content (AvgIpc) is 2.85. The van der Waals surface area contributed by atoms with Crippen LogP contribution in [-0.4, -0.2) is 29.9 Å². The number of allylic oxidation sites excluding steroid dienone is 4. The van der Waals surface area contributed by atoms with Gasteiger partial charge in [-0.3, -0.25) is 0 Å². The Morgan fingerprint density at radius 2 is 1.85 bits per heavy atom. The van der Waals surface area contributed by atoms with Gasteiger partial charge in [0.25, 0.3) is 0 Å². The van der Waals surface area contributed by atoms with Gasteiger partial charge < -0.3 is 14.6 Å². The number of carboxylic acid groups (broad SMARTS) is 1. The smallest absolute Gasteiger partial charge is 0.333 e. The number of hydrogen-bond acceptors (Lipinski definition) is 4. The first-order valence-corrected chi connectivity index (χ1v) is 8.88. The molecule has 0 radical (unpaired) electrons. The number of carboxylic acids is 1. The summed E-state index contributed by atoms with van der Waals surface area (Å²) in [5.41, 5.74) is 3.49. The fourth-order valence-electron chi connectivity index (χ4n) is 2.75. The van der Waals surface area contributed by atoms with E-state index in [9.17, 15) is 14.7 Å². The number of aliphatic carboxylic acids is 1. The van der Waals surface area contributed by atoms with Crippen LogP contribution >= 0.6 is 0 Å². The summed E-state index contributed by atoms with van der Waals surface area (Å²) in [6, 6.07) is 0. The van der Waals surface area contributed by atoms with Gasteiger partial charge in [-0.05, 0) is 53.4 Å². The number of methoxy groups -OCH3 is 1. The molecule has 0 aromatic carbocycles. The summed E-state index contributed by atoms with van der Waals surface area (Å²) in [6.45, 7) is 7.80. The maximum absolute atomic E-state index is 11.4. The fraction of sp³-hybridized carbons (Fsp3) is 0.524. The van der Waals surface area contributed by atoms with Crippen molar-refractivity contribution in [1.82, 2.24) is 0 Å². The van der Waals surface area contributed by atoms with Crippen LogP contribution in [0.25, 0.3) is 0 Å². The van der Waals surface area contributed by atoms with E-state index in [1.807, 2.05) is 39.8 Å². The van der Waals surface area contributed by atoms with E-state index < -0.39 is 11.8 Å². The first kappa shape index (κ1) is 21.9. The lowest BCUT2D eigenvalue weighted by Gasteiger charge is -2.27. The van der Waals surface area contributed by atoms with E-state index in [0.29, 0.717) is 24.8 Å². The van der Waals surface area contributed by atoms with Crippen molar-refractivity contribution in [3.8, 4) is 0 Å². The average molecular weight is 362 g/mol. The van der Waals surface area contributed by atoms with E-state index in [1.54, 1.807) is 6.08 Å². The first-order valence-electron chi connectivity index (χ1n) is 8.88. The molecule has 1 N–H and O–H groups in total. The highest BCUT2D eigenvalue weighted by Gasteiger charge is 2.40. The molecule has 1 aliphatic rings. The number of ether oxygens (including phenoxy) is 2. The van der Waals surface area contributed by atoms with Crippen LogP contribution in [0.5, 0.6) is 0 Å². The first-order chi connectivity index (χ1) is 12.2. The van der Waals surface area contributed by atoms with Gasteiger partial charge in [0, 0.05) is 30.8 Å². The maximum Gasteiger partial charge on any atom is 0.333 e. The molecule has 1 aliphatic heterocycles. The minimum absolute atomic E-state index is 0.388. The number of esters is 1. The molecule has 1 atom stereocenters. The van der Waals surface area contributed by atoms with Crippen LogP contribution in [0.3, 0.4) is 0 Å². The molecule has 0 saturated carbocycles. The highest BCUT2D eigenvalue weighted by Crippen LogP contribution is 2.33. The maximum atomic E-state index is 11.4. The summed E-state index contributed by atoms with van der Waals surface area (Å²) in [7, 11) is 1.52. The zero-order valence-corrected chi connectivity index (χ0v) is 16.4. The van der Waals surface area contributed by atoms with E-state index in [0.717, 1.165) is 24.0 Å². The number of rotatable bonds is 10. The summed E-state index contributed by atoms with van der Waals surface area (Å²) in [6.07, 6.45) is 10.4. The number of carbonyl (C=O) groups is 2. The Kier molecular flexibility index (Phi) is 8.52. The number of hydrogen-bond donors (Lipinski definition) is 1. The second-order valence-corrected chi connectivity index (χ2v) is 6.85. The third kappa shape index (κ3) is 6.64. The van der Waals surface area contributed by atoms with Gasteiger partial charge in [0.2, 0.25) is 5.79 Å². The Bertz CT molecular complexity index is 647. The van der Waals surface area contributed by atoms with Crippen molar-refractivity contribution in [2.45, 2.75) is 65.6 Å². The molecule has 0 amide bonds. The van der Waals surface area contributed by atoms with Crippen molar-refractivity contribution < 1.29 is 24.2 Å². The van der Waals surface area contributed by atoms with E-state index in [1.165, 1.54) is 18.8 Å². The zero-order valence-electron chi connectivity index (χ0n) is 16.4. The third-order valence-electron chi connectivity index (χ3n) is 4.42. The molecule has 5 nitrogen and oxygen atoms in total. The summed E-state index contributed by atoms with van der Waals surface area (Å²) < 4.78 is 10.7. The molecule has 5 heteroatoms. The van der Waals surface area contributed by atoms with Gasteiger partial charge in [0.05, 0.1) is 0 Å². The Morgan fingerprint density at radius 3 is 2.35 bits per heavy atom. The van der Waals surface area contributed by atoms with Gasteiger partial charge in [-0.1, -0.05) is 29.4 Å². The normalized spacial score (nSPS) is 20.7. The Morgan fingerprint density at radius 1 is 1.19 bits per heavy atom. The van der Waals surface area contributed by atoms with Crippen LogP contribution < -0.4 is 0 Å². The molecule has 144 valence electrons. The molecule has 0 fully saturated rings. The highest BCUT2D eigenvalue weighted by atomic mass is 16.7. The molecule has 0 aliphatic carbocycles. The molecular weight excluding hydrogens is 332 g/mol.